The van der Waals surface area contributed by atoms with E-state index in [4.69, 9.17) is 0 Å². The van der Waals surface area contributed by atoms with Crippen LogP contribution in [0.4, 0.5) is 0 Å². The highest BCUT2D eigenvalue weighted by Gasteiger charge is 2.39. The van der Waals surface area contributed by atoms with Crippen molar-refractivity contribution in [2.24, 2.45) is 7.05 Å². The third-order valence-electron chi connectivity index (χ3n) is 5.40. The summed E-state index contributed by atoms with van der Waals surface area (Å²) in [5.74, 6) is -0.869. The summed E-state index contributed by atoms with van der Waals surface area (Å²) in [5, 5.41) is 7.85. The van der Waals surface area contributed by atoms with Crippen molar-refractivity contribution in [2.45, 2.75) is 25.4 Å². The quantitative estimate of drug-likeness (QED) is 0.683. The monoisotopic (exact) mass is 375 g/mol. The molecule has 140 valence electrons. The maximum Gasteiger partial charge on any atom is 0.255 e. The fourth-order valence-corrected chi connectivity index (χ4v) is 4.03. The zero-order valence-corrected chi connectivity index (χ0v) is 15.2. The average Bonchev–Trinajstić information content (AvgIpc) is 3.19. The number of carbonyl (C=O) groups excluding carboxylic acids is 3. The predicted molar refractivity (Wildman–Crippen MR) is 100.0 cm³/mol. The first-order valence-electron chi connectivity index (χ1n) is 9.08. The van der Waals surface area contributed by atoms with Gasteiger partial charge >= 0.3 is 0 Å². The molecule has 1 N–H and O–H groups in total. The van der Waals surface area contributed by atoms with Gasteiger partial charge in [-0.1, -0.05) is 6.07 Å². The largest absolute Gasteiger partial charge is 0.322 e. The Morgan fingerprint density at radius 1 is 1.18 bits per heavy atom. The van der Waals surface area contributed by atoms with Gasteiger partial charge in [0.2, 0.25) is 11.8 Å². The van der Waals surface area contributed by atoms with Crippen LogP contribution in [-0.4, -0.2) is 43.4 Å². The molecular weight excluding hydrogens is 358 g/mol. The van der Waals surface area contributed by atoms with Gasteiger partial charge in [0, 0.05) is 42.7 Å². The van der Waals surface area contributed by atoms with E-state index in [1.165, 1.54) is 0 Å². The molecule has 1 fully saturated rings. The van der Waals surface area contributed by atoms with E-state index in [2.05, 4.69) is 15.4 Å². The van der Waals surface area contributed by atoms with Crippen LogP contribution in [0.3, 0.4) is 0 Å². The third-order valence-corrected chi connectivity index (χ3v) is 5.40. The number of aryl methyl sites for hydroxylation is 1. The van der Waals surface area contributed by atoms with Crippen LogP contribution in [0.1, 0.15) is 28.8 Å². The summed E-state index contributed by atoms with van der Waals surface area (Å²) in [4.78, 5) is 42.3. The maximum atomic E-state index is 12.8. The lowest BCUT2D eigenvalue weighted by molar-refractivity contribution is -0.136. The summed E-state index contributed by atoms with van der Waals surface area (Å²) in [6.45, 7) is 0.345. The topological polar surface area (TPSA) is 97.2 Å². The molecule has 1 atom stereocenters. The molecule has 0 spiro atoms. The van der Waals surface area contributed by atoms with Crippen molar-refractivity contribution in [3.05, 3.63) is 47.7 Å². The van der Waals surface area contributed by atoms with Crippen LogP contribution in [0.15, 0.2) is 36.5 Å². The number of amides is 3. The second-order valence-electron chi connectivity index (χ2n) is 7.12. The number of hydrogen-bond acceptors (Lipinski definition) is 5. The van der Waals surface area contributed by atoms with Gasteiger partial charge in [0.05, 0.1) is 0 Å². The Kier molecular flexibility index (Phi) is 3.55. The zero-order valence-electron chi connectivity index (χ0n) is 15.2. The van der Waals surface area contributed by atoms with E-state index in [1.807, 2.05) is 31.3 Å². The van der Waals surface area contributed by atoms with Gasteiger partial charge in [-0.05, 0) is 36.2 Å². The minimum atomic E-state index is -0.610. The number of hydrogen-bond donors (Lipinski definition) is 1. The molecule has 1 saturated heterocycles. The summed E-state index contributed by atoms with van der Waals surface area (Å²) in [7, 11) is 1.85. The molecule has 2 aromatic heterocycles. The molecule has 0 bridgehead atoms. The summed E-state index contributed by atoms with van der Waals surface area (Å²) < 4.78 is 1.73. The summed E-state index contributed by atoms with van der Waals surface area (Å²) in [5.41, 5.74) is 3.94. The Morgan fingerprint density at radius 3 is 2.86 bits per heavy atom. The first-order valence-corrected chi connectivity index (χ1v) is 9.08. The van der Waals surface area contributed by atoms with Crippen LogP contribution < -0.4 is 5.32 Å². The van der Waals surface area contributed by atoms with Crippen LogP contribution >= 0.6 is 0 Å². The lowest BCUT2D eigenvalue weighted by Gasteiger charge is -2.29. The molecular formula is C20H17N5O3. The van der Waals surface area contributed by atoms with Gasteiger partial charge in [-0.15, -0.1) is 0 Å². The number of piperidine rings is 1. The van der Waals surface area contributed by atoms with E-state index >= 15 is 0 Å². The molecule has 5 rings (SSSR count). The fourth-order valence-electron chi connectivity index (χ4n) is 4.03. The number of rotatable bonds is 2. The molecule has 3 amide bonds. The zero-order chi connectivity index (χ0) is 19.4. The maximum absolute atomic E-state index is 12.8. The number of pyridine rings is 1. The Bertz CT molecular complexity index is 1170. The van der Waals surface area contributed by atoms with Gasteiger partial charge in [0.25, 0.3) is 5.91 Å². The van der Waals surface area contributed by atoms with Crippen molar-refractivity contribution in [3.63, 3.8) is 0 Å². The smallest absolute Gasteiger partial charge is 0.255 e. The predicted octanol–water partition coefficient (Wildman–Crippen LogP) is 1.40. The van der Waals surface area contributed by atoms with Gasteiger partial charge in [0.15, 0.2) is 5.65 Å². The average molecular weight is 375 g/mol. The van der Waals surface area contributed by atoms with Crippen LogP contribution in [-0.2, 0) is 23.2 Å². The molecule has 0 saturated carbocycles. The normalized spacial score (nSPS) is 19.2. The van der Waals surface area contributed by atoms with Crippen molar-refractivity contribution in [2.75, 3.05) is 0 Å². The summed E-state index contributed by atoms with van der Waals surface area (Å²) in [6.07, 6.45) is 2.33. The fraction of sp³-hybridized carbons (Fsp3) is 0.250. The number of benzene rings is 1. The van der Waals surface area contributed by atoms with Crippen LogP contribution in [0.2, 0.25) is 0 Å². The number of imide groups is 1. The van der Waals surface area contributed by atoms with Gasteiger partial charge in [-0.2, -0.15) is 5.10 Å². The molecule has 28 heavy (non-hydrogen) atoms. The highest BCUT2D eigenvalue weighted by atomic mass is 16.2. The lowest BCUT2D eigenvalue weighted by atomic mass is 10.0. The molecule has 0 aliphatic carbocycles. The minimum Gasteiger partial charge on any atom is -0.322 e. The Morgan fingerprint density at radius 2 is 2.04 bits per heavy atom. The van der Waals surface area contributed by atoms with Crippen molar-refractivity contribution in [3.8, 4) is 11.3 Å². The number of nitrogens with zero attached hydrogens (tertiary/aromatic N) is 4. The second-order valence-corrected chi connectivity index (χ2v) is 7.12. The van der Waals surface area contributed by atoms with Gasteiger partial charge in [-0.3, -0.25) is 19.7 Å². The SMILES string of the molecule is Cn1nc(-c2ccc3c(c2)CN(C2CCC(=O)NC2=O)C3=O)c2cccnc21. The Hall–Kier alpha value is -3.55. The van der Waals surface area contributed by atoms with Crippen molar-refractivity contribution in [1.29, 1.82) is 0 Å². The van der Waals surface area contributed by atoms with Crippen LogP contribution in [0.5, 0.6) is 0 Å². The van der Waals surface area contributed by atoms with E-state index in [9.17, 15) is 14.4 Å². The molecule has 8 nitrogen and oxygen atoms in total. The van der Waals surface area contributed by atoms with E-state index in [-0.39, 0.29) is 18.2 Å². The number of carbonyl (C=O) groups is 3. The second kappa shape index (κ2) is 5.98. The van der Waals surface area contributed by atoms with Crippen LogP contribution in [0.25, 0.3) is 22.3 Å². The number of nitrogens with one attached hydrogen (secondary N) is 1. The number of aromatic nitrogens is 3. The first-order chi connectivity index (χ1) is 13.5. The van der Waals surface area contributed by atoms with Crippen molar-refractivity contribution in [1.82, 2.24) is 25.0 Å². The number of fused-ring (bicyclic) bond motifs is 2. The van der Waals surface area contributed by atoms with Crippen molar-refractivity contribution >= 4 is 28.8 Å². The van der Waals surface area contributed by atoms with E-state index in [0.717, 1.165) is 27.9 Å². The Labute approximate surface area is 160 Å². The summed E-state index contributed by atoms with van der Waals surface area (Å²) in [6, 6.07) is 8.85. The molecule has 2 aliphatic heterocycles. The third kappa shape index (κ3) is 2.41. The minimum absolute atomic E-state index is 0.177. The van der Waals surface area contributed by atoms with Crippen molar-refractivity contribution < 1.29 is 14.4 Å². The highest BCUT2D eigenvalue weighted by Crippen LogP contribution is 2.33. The Balaban J connectivity index is 1.51. The van der Waals surface area contributed by atoms with Gasteiger partial charge in [-0.25, -0.2) is 9.67 Å². The van der Waals surface area contributed by atoms with E-state index in [1.54, 1.807) is 21.8 Å². The van der Waals surface area contributed by atoms with Crippen LogP contribution in [0, 0.1) is 0 Å². The van der Waals surface area contributed by atoms with Gasteiger partial charge < -0.3 is 4.90 Å². The van der Waals surface area contributed by atoms with Gasteiger partial charge in [0.1, 0.15) is 11.7 Å². The van der Waals surface area contributed by atoms with E-state index in [0.29, 0.717) is 18.5 Å². The molecule has 1 unspecified atom stereocenters. The molecule has 1 aromatic carbocycles. The molecule has 3 aromatic rings. The highest BCUT2D eigenvalue weighted by molar-refractivity contribution is 6.05. The van der Waals surface area contributed by atoms with E-state index < -0.39 is 11.9 Å². The molecule has 0 radical (unpaired) electrons. The lowest BCUT2D eigenvalue weighted by Crippen LogP contribution is -2.52. The summed E-state index contributed by atoms with van der Waals surface area (Å²) >= 11 is 0. The molecule has 4 heterocycles. The molecule has 2 aliphatic rings. The first kappa shape index (κ1) is 16.6. The molecule has 8 heteroatoms. The standard InChI is InChI=1S/C20H17N5O3/c1-24-18-14(3-2-8-21-18)17(23-24)11-4-5-13-12(9-11)10-25(20(13)28)15-6-7-16(26)22-19(15)27/h2-5,8-9,15H,6-7,10H2,1H3,(H,22,26,27).